The topological polar surface area (TPSA) is 173 Å². The quantitative estimate of drug-likeness (QED) is 0.0769. The zero-order valence-corrected chi connectivity index (χ0v) is 24.3. The highest BCUT2D eigenvalue weighted by Crippen LogP contribution is 2.51. The summed E-state index contributed by atoms with van der Waals surface area (Å²) in [5, 5.41) is 23.9. The van der Waals surface area contributed by atoms with E-state index in [9.17, 15) is 19.6 Å². The summed E-state index contributed by atoms with van der Waals surface area (Å²) in [5.74, 6) is 5.22. The number of hydrogen-bond donors (Lipinski definition) is 5. The van der Waals surface area contributed by atoms with Crippen molar-refractivity contribution in [2.75, 3.05) is 16.8 Å². The number of quaternary nitrogens is 2. The van der Waals surface area contributed by atoms with Crippen molar-refractivity contribution >= 4 is 30.8 Å². The van der Waals surface area contributed by atoms with E-state index in [2.05, 4.69) is 59.3 Å². The second-order valence-electron chi connectivity index (χ2n) is 9.83. The Balaban J connectivity index is 1.90. The summed E-state index contributed by atoms with van der Waals surface area (Å²) in [4.78, 5) is 15.3. The van der Waals surface area contributed by atoms with Crippen LogP contribution < -0.4 is 26.5 Å². The van der Waals surface area contributed by atoms with Gasteiger partial charge in [-0.3, -0.25) is 4.79 Å². The smallest absolute Gasteiger partial charge is 0.508 e. The molecule has 0 saturated heterocycles. The number of anilines is 3. The number of rotatable bonds is 12. The molecule has 0 fully saturated rings. The molecule has 1 aliphatic rings. The predicted molar refractivity (Wildman–Crippen MR) is 153 cm³/mol. The summed E-state index contributed by atoms with van der Waals surface area (Å²) in [7, 11) is -4.16. The number of allylic oxidation sites excluding steroid dienone is 5. The third-order valence-corrected chi connectivity index (χ3v) is 7.45. The molecule has 1 amide bonds. The number of carbonyl (C=O) groups excluding carboxylic acids is 1. The Kier molecular flexibility index (Phi) is 10.6. The van der Waals surface area contributed by atoms with E-state index in [1.807, 2.05) is 13.0 Å². The summed E-state index contributed by atoms with van der Waals surface area (Å²) in [6.45, 7) is 8.51. The van der Waals surface area contributed by atoms with Gasteiger partial charge in [-0.2, -0.15) is 11.8 Å². The monoisotopic (exact) mass is 574 g/mol. The molecule has 0 aromatic heterocycles. The van der Waals surface area contributed by atoms with Crippen LogP contribution in [0.5, 0.6) is 17.2 Å². The second-order valence-corrected chi connectivity index (χ2v) is 11.4. The zero-order chi connectivity index (χ0) is 29.4. The van der Waals surface area contributed by atoms with E-state index in [1.54, 1.807) is 12.1 Å². The van der Waals surface area contributed by atoms with Gasteiger partial charge >= 0.3 is 7.82 Å². The maximum absolute atomic E-state index is 13.8. The normalized spacial score (nSPS) is 13.8. The van der Waals surface area contributed by atoms with Crippen LogP contribution in [0.25, 0.3) is 0 Å². The van der Waals surface area contributed by atoms with Crippen LogP contribution in [0.2, 0.25) is 0 Å². The zero-order valence-electron chi connectivity index (χ0n) is 23.4. The molecule has 12 heteroatoms. The first-order chi connectivity index (χ1) is 19.0. The minimum absolute atomic E-state index is 0.0415. The number of para-hydroxylation sites is 1. The lowest BCUT2D eigenvalue weighted by Gasteiger charge is -2.22. The van der Waals surface area contributed by atoms with Crippen molar-refractivity contribution in [3.8, 4) is 17.2 Å². The molecule has 0 saturated carbocycles. The third-order valence-electron chi connectivity index (χ3n) is 6.40. The molecule has 0 aliphatic carbocycles. The Morgan fingerprint density at radius 3 is 2.27 bits per heavy atom. The van der Waals surface area contributed by atoms with Crippen molar-refractivity contribution in [1.82, 2.24) is 0 Å². The van der Waals surface area contributed by atoms with Crippen LogP contribution in [0.3, 0.4) is 0 Å². The van der Waals surface area contributed by atoms with Crippen LogP contribution in [0.15, 0.2) is 65.3 Å². The standard InChI is InChI=1S/C28H37N4O7P/c1-18(2)8-5-9-19(3)10-6-11-20(4)14-15-32-23-16-21(33)17-24(34)27(23)31-26-22(28(32)35)12-7-13-25(26)37-40(36,38-29)39-30/h7-8,10,12-14,16-17H,5-6,9,11,15H2,1-4,29-30H3,(H-2,31,33,34,35)/p+2/b19-10+,20-14+. The molecule has 3 rings (SSSR count). The lowest BCUT2D eigenvalue weighted by atomic mass is 10.1. The molecular weight excluding hydrogens is 535 g/mol. The largest absolute Gasteiger partial charge is 0.624 e. The van der Waals surface area contributed by atoms with Crippen LogP contribution in [0.4, 0.5) is 17.1 Å². The lowest BCUT2D eigenvalue weighted by Crippen LogP contribution is -2.54. The highest BCUT2D eigenvalue weighted by atomic mass is 31.2. The molecule has 0 atom stereocenters. The Morgan fingerprint density at radius 1 is 0.975 bits per heavy atom. The summed E-state index contributed by atoms with van der Waals surface area (Å²) in [6.07, 6.45) is 10.2. The Bertz CT molecular complexity index is 1370. The summed E-state index contributed by atoms with van der Waals surface area (Å²) < 4.78 is 27.2. The number of phosphoric acid groups is 1. The van der Waals surface area contributed by atoms with Gasteiger partial charge in [0.1, 0.15) is 17.2 Å². The highest BCUT2D eigenvalue weighted by molar-refractivity contribution is 7.48. The van der Waals surface area contributed by atoms with E-state index in [1.165, 1.54) is 28.2 Å². The van der Waals surface area contributed by atoms with Gasteiger partial charge < -0.3 is 25.0 Å². The molecule has 216 valence electrons. The van der Waals surface area contributed by atoms with Crippen LogP contribution >= 0.6 is 7.82 Å². The van der Waals surface area contributed by atoms with E-state index in [-0.39, 0.29) is 46.4 Å². The molecule has 2 aromatic carbocycles. The number of fused-ring (bicyclic) bond motifs is 2. The maximum Gasteiger partial charge on any atom is 0.624 e. The second kappa shape index (κ2) is 13.6. The molecule has 11 nitrogen and oxygen atoms in total. The van der Waals surface area contributed by atoms with E-state index in [0.29, 0.717) is 0 Å². The number of aromatic hydroxyl groups is 2. The predicted octanol–water partition coefficient (Wildman–Crippen LogP) is 5.05. The fraction of sp³-hybridized carbons (Fsp3) is 0.321. The van der Waals surface area contributed by atoms with Crippen LogP contribution in [0.1, 0.15) is 63.7 Å². The van der Waals surface area contributed by atoms with Crippen molar-refractivity contribution in [2.24, 2.45) is 0 Å². The first-order valence-electron chi connectivity index (χ1n) is 12.9. The number of hydrogen-bond acceptors (Lipinski definition) is 8. The molecule has 0 spiro atoms. The van der Waals surface area contributed by atoms with Crippen molar-refractivity contribution < 1.29 is 45.1 Å². The average molecular weight is 575 g/mol. The van der Waals surface area contributed by atoms with Crippen LogP contribution in [0, 0.1) is 0 Å². The highest BCUT2D eigenvalue weighted by Gasteiger charge is 2.36. The van der Waals surface area contributed by atoms with Gasteiger partial charge in [0.15, 0.2) is 5.75 Å². The molecule has 0 radical (unpaired) electrons. The summed E-state index contributed by atoms with van der Waals surface area (Å²) in [6, 6.07) is 7.10. The fourth-order valence-electron chi connectivity index (χ4n) is 4.21. The summed E-state index contributed by atoms with van der Waals surface area (Å²) in [5.41, 5.74) is 4.46. The third kappa shape index (κ3) is 7.74. The van der Waals surface area contributed by atoms with Crippen molar-refractivity contribution in [3.63, 3.8) is 0 Å². The van der Waals surface area contributed by atoms with Gasteiger partial charge in [0.05, 0.1) is 16.9 Å². The molecular formula is C28H39N4O7P+2. The van der Waals surface area contributed by atoms with E-state index >= 15 is 0 Å². The molecule has 2 aromatic rings. The van der Waals surface area contributed by atoms with E-state index < -0.39 is 13.7 Å². The van der Waals surface area contributed by atoms with Crippen LogP contribution in [-0.2, 0) is 13.8 Å². The van der Waals surface area contributed by atoms with Crippen LogP contribution in [-0.4, -0.2) is 22.7 Å². The van der Waals surface area contributed by atoms with E-state index in [0.717, 1.165) is 37.3 Å². The summed E-state index contributed by atoms with van der Waals surface area (Å²) >= 11 is 0. The van der Waals surface area contributed by atoms with Gasteiger partial charge in [0.2, 0.25) is 0 Å². The number of amides is 1. The number of nitrogens with one attached hydrogen (secondary N) is 1. The Hall–Kier alpha value is -3.60. The number of benzene rings is 2. The molecule has 1 heterocycles. The molecule has 0 unspecified atom stereocenters. The Morgan fingerprint density at radius 2 is 1.62 bits per heavy atom. The first-order valence-corrected chi connectivity index (χ1v) is 14.3. The van der Waals surface area contributed by atoms with Gasteiger partial charge in [0.25, 0.3) is 5.91 Å². The van der Waals surface area contributed by atoms with Gasteiger partial charge in [-0.25, -0.2) is 4.57 Å². The van der Waals surface area contributed by atoms with Crippen molar-refractivity contribution in [3.05, 3.63) is 70.8 Å². The molecule has 1 aliphatic heterocycles. The molecule has 0 bridgehead atoms. The van der Waals surface area contributed by atoms with Gasteiger partial charge in [-0.15, -0.1) is 0 Å². The number of phenolic OH excluding ortho intramolecular Hbond substituents is 2. The van der Waals surface area contributed by atoms with Crippen molar-refractivity contribution in [2.45, 2.75) is 53.4 Å². The first kappa shape index (κ1) is 30.9. The SMILES string of the molecule is CC(C)=CCC/C(C)=C/CC/C(C)=C/CN1C(=O)c2cccc(OP(=O)(O[NH3+])O[NH3+])c2Nc2c(O)cc(O)cc21. The average Bonchev–Trinajstić information content (AvgIpc) is 3.02. The molecule has 40 heavy (non-hydrogen) atoms. The Labute approximate surface area is 234 Å². The number of phenols is 2. The van der Waals surface area contributed by atoms with Crippen molar-refractivity contribution in [1.29, 1.82) is 0 Å². The lowest BCUT2D eigenvalue weighted by molar-refractivity contribution is -0.682. The minimum atomic E-state index is -4.16. The maximum atomic E-state index is 13.8. The minimum Gasteiger partial charge on any atom is -0.508 e. The fourth-order valence-corrected chi connectivity index (χ4v) is 4.78. The van der Waals surface area contributed by atoms with E-state index in [4.69, 9.17) is 4.52 Å². The van der Waals surface area contributed by atoms with Gasteiger partial charge in [-0.05, 0) is 65.5 Å². The van der Waals surface area contributed by atoms with Gasteiger partial charge in [-0.1, -0.05) is 50.3 Å². The number of nitrogens with zero attached hydrogens (tertiary/aromatic N) is 1. The van der Waals surface area contributed by atoms with Gasteiger partial charge in [0, 0.05) is 18.7 Å². The molecule has 9 N–H and O–H groups in total. The number of carbonyl (C=O) groups is 1.